The SMILES string of the molecule is Cc1ccccc1Oc1ccccc1CNC(=O)C1CCNC1. The predicted molar refractivity (Wildman–Crippen MR) is 90.5 cm³/mol. The second-order valence-corrected chi connectivity index (χ2v) is 5.88. The van der Waals surface area contributed by atoms with Gasteiger partial charge in [0.1, 0.15) is 11.5 Å². The van der Waals surface area contributed by atoms with Crippen molar-refractivity contribution in [3.8, 4) is 11.5 Å². The molecular formula is C19H22N2O2. The lowest BCUT2D eigenvalue weighted by molar-refractivity contribution is -0.124. The highest BCUT2D eigenvalue weighted by atomic mass is 16.5. The molecule has 0 aromatic heterocycles. The molecule has 4 heteroatoms. The van der Waals surface area contributed by atoms with Crippen LogP contribution >= 0.6 is 0 Å². The molecule has 1 aliphatic heterocycles. The number of hydrogen-bond acceptors (Lipinski definition) is 3. The molecule has 1 saturated heterocycles. The van der Waals surface area contributed by atoms with Crippen LogP contribution in [0, 0.1) is 12.8 Å². The Balaban J connectivity index is 1.68. The zero-order chi connectivity index (χ0) is 16.1. The molecule has 1 aliphatic rings. The lowest BCUT2D eigenvalue weighted by Crippen LogP contribution is -2.31. The number of benzene rings is 2. The summed E-state index contributed by atoms with van der Waals surface area (Å²) >= 11 is 0. The zero-order valence-corrected chi connectivity index (χ0v) is 13.3. The number of aryl methyl sites for hydroxylation is 1. The van der Waals surface area contributed by atoms with Crippen LogP contribution in [0.2, 0.25) is 0 Å². The van der Waals surface area contributed by atoms with E-state index in [1.54, 1.807) is 0 Å². The number of carbonyl (C=O) groups excluding carboxylic acids is 1. The van der Waals surface area contributed by atoms with E-state index in [1.165, 1.54) is 0 Å². The van der Waals surface area contributed by atoms with Crippen molar-refractivity contribution < 1.29 is 9.53 Å². The average molecular weight is 310 g/mol. The fourth-order valence-corrected chi connectivity index (χ4v) is 2.74. The minimum atomic E-state index is 0.0828. The Morgan fingerprint density at radius 2 is 1.91 bits per heavy atom. The van der Waals surface area contributed by atoms with Gasteiger partial charge in [-0.15, -0.1) is 0 Å². The van der Waals surface area contributed by atoms with Gasteiger partial charge in [0.25, 0.3) is 0 Å². The number of hydrogen-bond donors (Lipinski definition) is 2. The van der Waals surface area contributed by atoms with E-state index in [0.29, 0.717) is 6.54 Å². The van der Waals surface area contributed by atoms with Gasteiger partial charge in [-0.2, -0.15) is 0 Å². The van der Waals surface area contributed by atoms with Crippen molar-refractivity contribution >= 4 is 5.91 Å². The lowest BCUT2D eigenvalue weighted by Gasteiger charge is -2.14. The largest absolute Gasteiger partial charge is 0.457 e. The Kier molecular flexibility index (Phi) is 4.93. The summed E-state index contributed by atoms with van der Waals surface area (Å²) in [4.78, 5) is 12.2. The van der Waals surface area contributed by atoms with Crippen molar-refractivity contribution in [2.75, 3.05) is 13.1 Å². The van der Waals surface area contributed by atoms with Crippen LogP contribution < -0.4 is 15.4 Å². The van der Waals surface area contributed by atoms with Crippen LogP contribution in [0.25, 0.3) is 0 Å². The molecule has 2 aromatic rings. The van der Waals surface area contributed by atoms with E-state index in [0.717, 1.165) is 42.1 Å². The molecule has 2 aromatic carbocycles. The molecule has 2 N–H and O–H groups in total. The summed E-state index contributed by atoms with van der Waals surface area (Å²) in [5.41, 5.74) is 2.07. The van der Waals surface area contributed by atoms with Crippen LogP contribution in [0.5, 0.6) is 11.5 Å². The maximum atomic E-state index is 12.2. The van der Waals surface area contributed by atoms with Crippen molar-refractivity contribution in [2.24, 2.45) is 5.92 Å². The van der Waals surface area contributed by atoms with Crippen LogP contribution in [0.15, 0.2) is 48.5 Å². The monoisotopic (exact) mass is 310 g/mol. The van der Waals surface area contributed by atoms with Crippen molar-refractivity contribution in [2.45, 2.75) is 19.9 Å². The minimum absolute atomic E-state index is 0.0828. The summed E-state index contributed by atoms with van der Waals surface area (Å²) in [6.45, 7) is 4.20. The second kappa shape index (κ2) is 7.29. The van der Waals surface area contributed by atoms with E-state index in [1.807, 2.05) is 55.5 Å². The molecule has 0 bridgehead atoms. The van der Waals surface area contributed by atoms with Gasteiger partial charge in [-0.1, -0.05) is 36.4 Å². The quantitative estimate of drug-likeness (QED) is 0.892. The molecule has 4 nitrogen and oxygen atoms in total. The van der Waals surface area contributed by atoms with Crippen molar-refractivity contribution in [1.82, 2.24) is 10.6 Å². The van der Waals surface area contributed by atoms with E-state index in [9.17, 15) is 4.79 Å². The Hall–Kier alpha value is -2.33. The minimum Gasteiger partial charge on any atom is -0.457 e. The number of ether oxygens (including phenoxy) is 1. The predicted octanol–water partition coefficient (Wildman–Crippen LogP) is 3.01. The van der Waals surface area contributed by atoms with Crippen LogP contribution in [-0.2, 0) is 11.3 Å². The fraction of sp³-hybridized carbons (Fsp3) is 0.316. The highest BCUT2D eigenvalue weighted by molar-refractivity contribution is 5.79. The summed E-state index contributed by atoms with van der Waals surface area (Å²) in [5, 5.41) is 6.24. The second-order valence-electron chi connectivity index (χ2n) is 5.88. The van der Waals surface area contributed by atoms with Gasteiger partial charge in [0, 0.05) is 18.7 Å². The summed E-state index contributed by atoms with van der Waals surface area (Å²) < 4.78 is 6.03. The third-order valence-corrected chi connectivity index (χ3v) is 4.17. The normalized spacial score (nSPS) is 17.0. The van der Waals surface area contributed by atoms with Gasteiger partial charge in [-0.25, -0.2) is 0 Å². The van der Waals surface area contributed by atoms with Crippen molar-refractivity contribution in [1.29, 1.82) is 0 Å². The van der Waals surface area contributed by atoms with Crippen LogP contribution in [0.4, 0.5) is 0 Å². The standard InChI is InChI=1S/C19H22N2O2/c1-14-6-2-4-8-17(14)23-18-9-5-3-7-15(18)13-21-19(22)16-10-11-20-12-16/h2-9,16,20H,10-13H2,1H3,(H,21,22). The highest BCUT2D eigenvalue weighted by Crippen LogP contribution is 2.27. The molecule has 1 heterocycles. The molecule has 0 saturated carbocycles. The molecule has 0 aliphatic carbocycles. The molecule has 23 heavy (non-hydrogen) atoms. The van der Waals surface area contributed by atoms with E-state index in [2.05, 4.69) is 10.6 Å². The van der Waals surface area contributed by atoms with Crippen molar-refractivity contribution in [3.63, 3.8) is 0 Å². The number of carbonyl (C=O) groups is 1. The van der Waals surface area contributed by atoms with Crippen molar-refractivity contribution in [3.05, 3.63) is 59.7 Å². The first-order chi connectivity index (χ1) is 11.2. The zero-order valence-electron chi connectivity index (χ0n) is 13.3. The Bertz CT molecular complexity index is 679. The summed E-state index contributed by atoms with van der Waals surface area (Å²) in [7, 11) is 0. The van der Waals surface area contributed by atoms with E-state index in [-0.39, 0.29) is 11.8 Å². The Morgan fingerprint density at radius 3 is 2.65 bits per heavy atom. The molecule has 1 amide bonds. The molecular weight excluding hydrogens is 288 g/mol. The topological polar surface area (TPSA) is 50.4 Å². The van der Waals surface area contributed by atoms with Gasteiger partial charge < -0.3 is 15.4 Å². The fourth-order valence-electron chi connectivity index (χ4n) is 2.74. The molecule has 1 atom stereocenters. The van der Waals surface area contributed by atoms with Gasteiger partial charge in [0.05, 0.1) is 5.92 Å². The maximum Gasteiger partial charge on any atom is 0.224 e. The van der Waals surface area contributed by atoms with Crippen LogP contribution in [0.3, 0.4) is 0 Å². The van der Waals surface area contributed by atoms with Gasteiger partial charge >= 0.3 is 0 Å². The van der Waals surface area contributed by atoms with Gasteiger partial charge in [-0.05, 0) is 37.6 Å². The molecule has 0 spiro atoms. The highest BCUT2D eigenvalue weighted by Gasteiger charge is 2.22. The maximum absolute atomic E-state index is 12.2. The van der Waals surface area contributed by atoms with E-state index in [4.69, 9.17) is 4.74 Å². The summed E-state index contributed by atoms with van der Waals surface area (Å²) in [6.07, 6.45) is 0.910. The molecule has 3 rings (SSSR count). The smallest absolute Gasteiger partial charge is 0.224 e. The number of para-hydroxylation sites is 2. The Labute approximate surface area is 136 Å². The first-order valence-electron chi connectivity index (χ1n) is 8.04. The van der Waals surface area contributed by atoms with E-state index >= 15 is 0 Å². The van der Waals surface area contributed by atoms with Crippen LogP contribution in [-0.4, -0.2) is 19.0 Å². The Morgan fingerprint density at radius 1 is 1.17 bits per heavy atom. The molecule has 1 fully saturated rings. The summed E-state index contributed by atoms with van der Waals surface area (Å²) in [5.74, 6) is 1.82. The molecule has 0 radical (unpaired) electrons. The molecule has 1 unspecified atom stereocenters. The van der Waals surface area contributed by atoms with Crippen LogP contribution in [0.1, 0.15) is 17.5 Å². The van der Waals surface area contributed by atoms with E-state index < -0.39 is 0 Å². The number of rotatable bonds is 5. The number of nitrogens with one attached hydrogen (secondary N) is 2. The lowest BCUT2D eigenvalue weighted by atomic mass is 10.1. The first kappa shape index (κ1) is 15.6. The third-order valence-electron chi connectivity index (χ3n) is 4.17. The van der Waals surface area contributed by atoms with Gasteiger partial charge in [-0.3, -0.25) is 4.79 Å². The molecule has 120 valence electrons. The summed E-state index contributed by atoms with van der Waals surface area (Å²) in [6, 6.07) is 15.8. The first-order valence-corrected chi connectivity index (χ1v) is 8.04. The van der Waals surface area contributed by atoms with Gasteiger partial charge in [0.15, 0.2) is 0 Å². The van der Waals surface area contributed by atoms with Gasteiger partial charge in [0.2, 0.25) is 5.91 Å². The average Bonchev–Trinajstić information content (AvgIpc) is 3.10. The number of amides is 1. The third kappa shape index (κ3) is 3.90.